The highest BCUT2D eigenvalue weighted by Gasteiger charge is 2.16. The lowest BCUT2D eigenvalue weighted by molar-refractivity contribution is 0.102. The van der Waals surface area contributed by atoms with Crippen LogP contribution in [0.1, 0.15) is 17.3 Å². The average molecular weight is 341 g/mol. The van der Waals surface area contributed by atoms with E-state index in [1.54, 1.807) is 24.5 Å². The predicted octanol–water partition coefficient (Wildman–Crippen LogP) is 1.88. The summed E-state index contributed by atoms with van der Waals surface area (Å²) in [5.74, 6) is 1.01. The fourth-order valence-electron chi connectivity index (χ4n) is 2.70. The summed E-state index contributed by atoms with van der Waals surface area (Å²) in [5.41, 5.74) is 1.06. The van der Waals surface area contributed by atoms with Gasteiger partial charge in [0.2, 0.25) is 5.88 Å². The molecule has 0 bridgehead atoms. The third-order valence-corrected chi connectivity index (χ3v) is 4.13. The second-order valence-corrected chi connectivity index (χ2v) is 5.94. The molecule has 132 valence electrons. The molecule has 1 saturated heterocycles. The molecule has 0 spiro atoms. The van der Waals surface area contributed by atoms with Crippen LogP contribution in [0.2, 0.25) is 0 Å². The van der Waals surface area contributed by atoms with Crippen LogP contribution in [0.3, 0.4) is 0 Å². The number of hydrogen-bond donors (Lipinski definition) is 1. The molecule has 2 aromatic rings. The SMILES string of the molecule is CCOc1ncccc1C(=O)Nc1ccc(N2CCN(C)CC2)nc1. The molecule has 0 unspecified atom stereocenters. The molecule has 1 N–H and O–H groups in total. The summed E-state index contributed by atoms with van der Waals surface area (Å²) in [6.07, 6.45) is 3.29. The van der Waals surface area contributed by atoms with Gasteiger partial charge in [-0.25, -0.2) is 9.97 Å². The van der Waals surface area contributed by atoms with E-state index in [4.69, 9.17) is 4.74 Å². The largest absolute Gasteiger partial charge is 0.477 e. The predicted molar refractivity (Wildman–Crippen MR) is 97.3 cm³/mol. The van der Waals surface area contributed by atoms with Gasteiger partial charge >= 0.3 is 0 Å². The highest BCUT2D eigenvalue weighted by atomic mass is 16.5. The van der Waals surface area contributed by atoms with E-state index in [9.17, 15) is 4.79 Å². The third kappa shape index (κ3) is 4.24. The summed E-state index contributed by atoms with van der Waals surface area (Å²) in [5, 5.41) is 2.85. The van der Waals surface area contributed by atoms with Gasteiger partial charge in [0.15, 0.2) is 0 Å². The number of nitrogens with zero attached hydrogens (tertiary/aromatic N) is 4. The number of likely N-dealkylation sites (N-methyl/N-ethyl adjacent to an activating group) is 1. The Morgan fingerprint density at radius 2 is 2.00 bits per heavy atom. The molecule has 7 heteroatoms. The maximum Gasteiger partial charge on any atom is 0.261 e. The topological polar surface area (TPSA) is 70.6 Å². The molecule has 3 rings (SSSR count). The third-order valence-electron chi connectivity index (χ3n) is 4.13. The Morgan fingerprint density at radius 1 is 1.20 bits per heavy atom. The van der Waals surface area contributed by atoms with Gasteiger partial charge in [-0.15, -0.1) is 0 Å². The number of ether oxygens (including phenoxy) is 1. The number of anilines is 2. The number of carbonyl (C=O) groups excluding carboxylic acids is 1. The Hall–Kier alpha value is -2.67. The van der Waals surface area contributed by atoms with Crippen molar-refractivity contribution in [3.05, 3.63) is 42.2 Å². The number of aromatic nitrogens is 2. The summed E-state index contributed by atoms with van der Waals surface area (Å²) in [6.45, 7) is 6.30. The van der Waals surface area contributed by atoms with Crippen molar-refractivity contribution in [2.24, 2.45) is 0 Å². The van der Waals surface area contributed by atoms with Gasteiger partial charge in [-0.05, 0) is 38.2 Å². The molecule has 0 aromatic carbocycles. The Bertz CT molecular complexity index is 712. The van der Waals surface area contributed by atoms with Crippen molar-refractivity contribution in [1.82, 2.24) is 14.9 Å². The van der Waals surface area contributed by atoms with Crippen molar-refractivity contribution in [3.63, 3.8) is 0 Å². The number of nitrogens with one attached hydrogen (secondary N) is 1. The van der Waals surface area contributed by atoms with Crippen LogP contribution in [-0.4, -0.2) is 60.6 Å². The van der Waals surface area contributed by atoms with Crippen LogP contribution in [0.5, 0.6) is 5.88 Å². The molecule has 2 aromatic heterocycles. The Labute approximate surface area is 147 Å². The van der Waals surface area contributed by atoms with Gasteiger partial charge in [0.25, 0.3) is 5.91 Å². The summed E-state index contributed by atoms with van der Waals surface area (Å²) >= 11 is 0. The van der Waals surface area contributed by atoms with Crippen LogP contribution in [0.25, 0.3) is 0 Å². The van der Waals surface area contributed by atoms with Crippen LogP contribution in [0.4, 0.5) is 11.5 Å². The summed E-state index contributed by atoms with van der Waals surface area (Å²) in [4.78, 5) is 25.6. The average Bonchev–Trinajstić information content (AvgIpc) is 2.64. The van der Waals surface area contributed by atoms with Gasteiger partial charge in [-0.1, -0.05) is 0 Å². The van der Waals surface area contributed by atoms with Crippen LogP contribution >= 0.6 is 0 Å². The number of amides is 1. The first-order valence-corrected chi connectivity index (χ1v) is 8.46. The Balaban J connectivity index is 1.66. The normalized spacial score (nSPS) is 15.0. The standard InChI is InChI=1S/C18H23N5O2/c1-3-25-18-15(5-4-8-19-18)17(24)21-14-6-7-16(20-13-14)23-11-9-22(2)10-12-23/h4-8,13H,3,9-12H2,1-2H3,(H,21,24). The first-order chi connectivity index (χ1) is 12.2. The number of hydrogen-bond acceptors (Lipinski definition) is 6. The molecule has 1 aliphatic heterocycles. The van der Waals surface area contributed by atoms with Crippen molar-refractivity contribution in [3.8, 4) is 5.88 Å². The van der Waals surface area contributed by atoms with Gasteiger partial charge in [-0.3, -0.25) is 4.79 Å². The number of carbonyl (C=O) groups is 1. The van der Waals surface area contributed by atoms with Crippen molar-refractivity contribution < 1.29 is 9.53 Å². The van der Waals surface area contributed by atoms with E-state index in [1.165, 1.54) is 0 Å². The van der Waals surface area contributed by atoms with Crippen molar-refractivity contribution >= 4 is 17.4 Å². The fourth-order valence-corrected chi connectivity index (χ4v) is 2.70. The molecule has 25 heavy (non-hydrogen) atoms. The molecular formula is C18H23N5O2. The van der Waals surface area contributed by atoms with E-state index in [2.05, 4.69) is 32.1 Å². The lowest BCUT2D eigenvalue weighted by Gasteiger charge is -2.33. The van der Waals surface area contributed by atoms with Gasteiger partial charge < -0.3 is 19.9 Å². The van der Waals surface area contributed by atoms with Gasteiger partial charge in [0.1, 0.15) is 11.4 Å². The molecule has 0 aliphatic carbocycles. The molecule has 1 amide bonds. The quantitative estimate of drug-likeness (QED) is 0.895. The zero-order valence-electron chi connectivity index (χ0n) is 14.6. The fraction of sp³-hybridized carbons (Fsp3) is 0.389. The Kier molecular flexibility index (Phi) is 5.45. The number of rotatable bonds is 5. The minimum absolute atomic E-state index is 0.259. The van der Waals surface area contributed by atoms with Gasteiger partial charge in [0, 0.05) is 32.4 Å². The summed E-state index contributed by atoms with van der Waals surface area (Å²) in [7, 11) is 2.12. The molecule has 1 fully saturated rings. The summed E-state index contributed by atoms with van der Waals surface area (Å²) < 4.78 is 5.40. The zero-order valence-corrected chi connectivity index (χ0v) is 14.6. The first-order valence-electron chi connectivity index (χ1n) is 8.46. The van der Waals surface area contributed by atoms with E-state index in [-0.39, 0.29) is 5.91 Å². The molecule has 0 radical (unpaired) electrons. The molecule has 1 aliphatic rings. The van der Waals surface area contributed by atoms with E-state index in [0.29, 0.717) is 23.7 Å². The number of pyridine rings is 2. The van der Waals surface area contributed by atoms with Crippen LogP contribution in [0, 0.1) is 0 Å². The van der Waals surface area contributed by atoms with E-state index in [1.807, 2.05) is 19.1 Å². The van der Waals surface area contributed by atoms with E-state index in [0.717, 1.165) is 32.0 Å². The van der Waals surface area contributed by atoms with Crippen molar-refractivity contribution in [1.29, 1.82) is 0 Å². The van der Waals surface area contributed by atoms with Gasteiger partial charge in [-0.2, -0.15) is 0 Å². The lowest BCUT2D eigenvalue weighted by atomic mass is 10.2. The zero-order chi connectivity index (χ0) is 17.6. The lowest BCUT2D eigenvalue weighted by Crippen LogP contribution is -2.44. The molecular weight excluding hydrogens is 318 g/mol. The van der Waals surface area contributed by atoms with Crippen LogP contribution < -0.4 is 15.0 Å². The first kappa shape index (κ1) is 17.2. The highest BCUT2D eigenvalue weighted by molar-refractivity contribution is 6.05. The maximum absolute atomic E-state index is 12.5. The van der Waals surface area contributed by atoms with E-state index < -0.39 is 0 Å². The monoisotopic (exact) mass is 341 g/mol. The highest BCUT2D eigenvalue weighted by Crippen LogP contribution is 2.19. The van der Waals surface area contributed by atoms with Crippen molar-refractivity contribution in [2.75, 3.05) is 50.1 Å². The Morgan fingerprint density at radius 3 is 2.68 bits per heavy atom. The minimum atomic E-state index is -0.259. The van der Waals surface area contributed by atoms with Crippen molar-refractivity contribution in [2.45, 2.75) is 6.92 Å². The van der Waals surface area contributed by atoms with Gasteiger partial charge in [0.05, 0.1) is 18.5 Å². The molecule has 7 nitrogen and oxygen atoms in total. The molecule has 3 heterocycles. The number of piperazine rings is 1. The van der Waals surface area contributed by atoms with Crippen LogP contribution in [-0.2, 0) is 0 Å². The molecule has 0 atom stereocenters. The smallest absolute Gasteiger partial charge is 0.261 e. The van der Waals surface area contributed by atoms with Crippen LogP contribution in [0.15, 0.2) is 36.7 Å². The maximum atomic E-state index is 12.5. The summed E-state index contributed by atoms with van der Waals surface area (Å²) in [6, 6.07) is 7.22. The second kappa shape index (κ2) is 7.94. The molecule has 0 saturated carbocycles. The minimum Gasteiger partial charge on any atom is -0.477 e. The van der Waals surface area contributed by atoms with E-state index >= 15 is 0 Å². The second-order valence-electron chi connectivity index (χ2n) is 5.94.